The third kappa shape index (κ3) is 3.32. The van der Waals surface area contributed by atoms with Crippen molar-refractivity contribution in [3.8, 4) is 11.5 Å². The maximum atomic E-state index is 9.67. The van der Waals surface area contributed by atoms with Crippen LogP contribution in [-0.2, 0) is 6.42 Å². The van der Waals surface area contributed by atoms with Crippen molar-refractivity contribution >= 4 is 15.9 Å². The maximum absolute atomic E-state index is 9.67. The molecule has 0 unspecified atom stereocenters. The van der Waals surface area contributed by atoms with Crippen LogP contribution in [0.5, 0.6) is 11.5 Å². The van der Waals surface area contributed by atoms with Crippen LogP contribution >= 0.6 is 15.9 Å². The molecule has 0 fully saturated rings. The lowest BCUT2D eigenvalue weighted by Gasteiger charge is -2.09. The van der Waals surface area contributed by atoms with Gasteiger partial charge < -0.3 is 9.84 Å². The van der Waals surface area contributed by atoms with Crippen molar-refractivity contribution in [2.75, 3.05) is 13.2 Å². The predicted molar refractivity (Wildman–Crippen MR) is 64.7 cm³/mol. The van der Waals surface area contributed by atoms with E-state index >= 15 is 0 Å². The average molecular weight is 286 g/mol. The molecule has 1 aromatic rings. The zero-order chi connectivity index (χ0) is 12.0. The largest absolute Gasteiger partial charge is 0.503 e. The highest BCUT2D eigenvalue weighted by molar-refractivity contribution is 9.10. The Kier molecular flexibility index (Phi) is 4.95. The summed E-state index contributed by atoms with van der Waals surface area (Å²) >= 11 is 3.24. The van der Waals surface area contributed by atoms with Crippen molar-refractivity contribution in [3.63, 3.8) is 0 Å². The number of aromatic hydroxyl groups is 1. The maximum Gasteiger partial charge on any atom is 0.172 e. The lowest BCUT2D eigenvalue weighted by Crippen LogP contribution is -1.95. The van der Waals surface area contributed by atoms with Gasteiger partial charge in [-0.1, -0.05) is 5.11 Å². The van der Waals surface area contributed by atoms with E-state index in [9.17, 15) is 5.11 Å². The van der Waals surface area contributed by atoms with Gasteiger partial charge in [0.05, 0.1) is 11.1 Å². The number of halogens is 1. The molecule has 0 spiro atoms. The van der Waals surface area contributed by atoms with Crippen LogP contribution in [0.1, 0.15) is 12.5 Å². The molecule has 5 nitrogen and oxygen atoms in total. The number of hydrogen-bond acceptors (Lipinski definition) is 3. The monoisotopic (exact) mass is 285 g/mol. The van der Waals surface area contributed by atoms with Crippen LogP contribution in [0.3, 0.4) is 0 Å². The summed E-state index contributed by atoms with van der Waals surface area (Å²) in [5, 5.41) is 13.1. The van der Waals surface area contributed by atoms with Crippen LogP contribution in [0.2, 0.25) is 0 Å². The summed E-state index contributed by atoms with van der Waals surface area (Å²) in [6.07, 6.45) is 0.614. The van der Waals surface area contributed by atoms with E-state index in [2.05, 4.69) is 26.0 Å². The first-order valence-corrected chi connectivity index (χ1v) is 5.63. The van der Waals surface area contributed by atoms with Gasteiger partial charge in [-0.05, 0) is 52.5 Å². The van der Waals surface area contributed by atoms with Crippen LogP contribution in [0.25, 0.3) is 10.4 Å². The van der Waals surface area contributed by atoms with E-state index in [-0.39, 0.29) is 5.75 Å². The molecule has 16 heavy (non-hydrogen) atoms. The highest BCUT2D eigenvalue weighted by Crippen LogP contribution is 2.35. The molecular formula is C10H12BrN3O2. The number of phenols is 1. The highest BCUT2D eigenvalue weighted by atomic mass is 79.9. The fourth-order valence-corrected chi connectivity index (χ4v) is 1.75. The summed E-state index contributed by atoms with van der Waals surface area (Å²) in [6.45, 7) is 2.72. The third-order valence-corrected chi connectivity index (χ3v) is 2.56. The van der Waals surface area contributed by atoms with Crippen molar-refractivity contribution in [2.45, 2.75) is 13.3 Å². The van der Waals surface area contributed by atoms with Crippen molar-refractivity contribution in [2.24, 2.45) is 5.11 Å². The Morgan fingerprint density at radius 3 is 2.94 bits per heavy atom. The molecule has 0 heterocycles. The van der Waals surface area contributed by atoms with Gasteiger partial charge in [-0.15, -0.1) is 0 Å². The fraction of sp³-hybridized carbons (Fsp3) is 0.400. The van der Waals surface area contributed by atoms with Crippen LogP contribution in [0.15, 0.2) is 21.7 Å². The van der Waals surface area contributed by atoms with Gasteiger partial charge in [0.15, 0.2) is 11.5 Å². The summed E-state index contributed by atoms with van der Waals surface area (Å²) in [4.78, 5) is 2.68. The summed E-state index contributed by atoms with van der Waals surface area (Å²) in [7, 11) is 0. The van der Waals surface area contributed by atoms with Gasteiger partial charge >= 0.3 is 0 Å². The summed E-state index contributed by atoms with van der Waals surface area (Å²) < 4.78 is 5.86. The smallest absolute Gasteiger partial charge is 0.172 e. The Bertz CT molecular complexity index is 417. The number of ether oxygens (including phenoxy) is 1. The molecule has 0 atom stereocenters. The Hall–Kier alpha value is -1.39. The van der Waals surface area contributed by atoms with Gasteiger partial charge in [0.25, 0.3) is 0 Å². The van der Waals surface area contributed by atoms with E-state index in [1.807, 2.05) is 6.92 Å². The zero-order valence-electron chi connectivity index (χ0n) is 8.85. The van der Waals surface area contributed by atoms with Gasteiger partial charge in [0.1, 0.15) is 0 Å². The number of phenolic OH excluding ortho intramolecular Hbond substituents is 1. The van der Waals surface area contributed by atoms with Gasteiger partial charge in [-0.3, -0.25) is 0 Å². The normalized spacial score (nSPS) is 9.62. The SMILES string of the molecule is CCOc1cc(CCN=[N+]=[N-])cc(Br)c1O. The quantitative estimate of drug-likeness (QED) is 0.511. The lowest BCUT2D eigenvalue weighted by atomic mass is 10.1. The minimum absolute atomic E-state index is 0.0920. The van der Waals surface area contributed by atoms with E-state index in [0.717, 1.165) is 5.56 Å². The van der Waals surface area contributed by atoms with Gasteiger partial charge in [-0.25, -0.2) is 0 Å². The Morgan fingerprint density at radius 1 is 1.56 bits per heavy atom. The fourth-order valence-electron chi connectivity index (χ4n) is 1.26. The number of benzene rings is 1. The first-order chi connectivity index (χ1) is 7.69. The molecule has 1 aromatic carbocycles. The topological polar surface area (TPSA) is 78.2 Å². The Balaban J connectivity index is 2.89. The number of hydrogen-bond donors (Lipinski definition) is 1. The van der Waals surface area contributed by atoms with E-state index in [0.29, 0.717) is 29.8 Å². The van der Waals surface area contributed by atoms with Crippen molar-refractivity contribution in [1.29, 1.82) is 0 Å². The van der Waals surface area contributed by atoms with E-state index < -0.39 is 0 Å². The van der Waals surface area contributed by atoms with Crippen molar-refractivity contribution in [3.05, 3.63) is 32.6 Å². The Morgan fingerprint density at radius 2 is 2.31 bits per heavy atom. The van der Waals surface area contributed by atoms with Gasteiger partial charge in [0, 0.05) is 11.5 Å². The molecule has 0 aliphatic rings. The molecule has 1 N–H and O–H groups in total. The van der Waals surface area contributed by atoms with E-state index in [1.54, 1.807) is 12.1 Å². The summed E-state index contributed by atoms with van der Waals surface area (Å²) in [5.41, 5.74) is 9.11. The second-order valence-corrected chi connectivity index (χ2v) is 3.92. The van der Waals surface area contributed by atoms with Crippen LogP contribution in [-0.4, -0.2) is 18.3 Å². The van der Waals surface area contributed by atoms with E-state index in [1.165, 1.54) is 0 Å². The highest BCUT2D eigenvalue weighted by Gasteiger charge is 2.08. The molecule has 1 rings (SSSR count). The molecule has 86 valence electrons. The van der Waals surface area contributed by atoms with Gasteiger partial charge in [-0.2, -0.15) is 0 Å². The van der Waals surface area contributed by atoms with Crippen LogP contribution < -0.4 is 4.74 Å². The molecule has 0 radical (unpaired) electrons. The molecular weight excluding hydrogens is 274 g/mol. The standard InChI is InChI=1S/C10H12BrN3O2/c1-2-16-9-6-7(3-4-13-14-12)5-8(11)10(9)15/h5-6,15H,2-4H2,1H3. The number of nitrogens with zero attached hydrogens (tertiary/aromatic N) is 3. The second-order valence-electron chi connectivity index (χ2n) is 3.06. The van der Waals surface area contributed by atoms with E-state index in [4.69, 9.17) is 10.3 Å². The minimum atomic E-state index is 0.0920. The first-order valence-electron chi connectivity index (χ1n) is 4.84. The Labute approximate surface area is 102 Å². The summed E-state index contributed by atoms with van der Waals surface area (Å²) in [6, 6.07) is 3.53. The second kappa shape index (κ2) is 6.25. The number of azide groups is 1. The average Bonchev–Trinajstić information content (AvgIpc) is 2.26. The number of rotatable bonds is 5. The summed E-state index contributed by atoms with van der Waals surface area (Å²) in [5.74, 6) is 0.530. The molecule has 0 saturated heterocycles. The first kappa shape index (κ1) is 12.7. The molecule has 0 amide bonds. The van der Waals surface area contributed by atoms with Crippen molar-refractivity contribution < 1.29 is 9.84 Å². The van der Waals surface area contributed by atoms with Crippen LogP contribution in [0, 0.1) is 0 Å². The van der Waals surface area contributed by atoms with Crippen LogP contribution in [0.4, 0.5) is 0 Å². The molecule has 0 aliphatic carbocycles. The third-order valence-electron chi connectivity index (χ3n) is 1.95. The zero-order valence-corrected chi connectivity index (χ0v) is 10.4. The molecule has 0 bridgehead atoms. The molecule has 0 saturated carbocycles. The lowest BCUT2D eigenvalue weighted by molar-refractivity contribution is 0.317. The van der Waals surface area contributed by atoms with Gasteiger partial charge in [0.2, 0.25) is 0 Å². The predicted octanol–water partition coefficient (Wildman–Crippen LogP) is 3.41. The molecule has 0 aliphatic heterocycles. The minimum Gasteiger partial charge on any atom is -0.503 e. The molecule has 6 heteroatoms. The van der Waals surface area contributed by atoms with Crippen molar-refractivity contribution in [1.82, 2.24) is 0 Å². The molecule has 0 aromatic heterocycles.